The van der Waals surface area contributed by atoms with Crippen LogP contribution in [0.3, 0.4) is 0 Å². The molecular weight excluding hydrogens is 267 g/mol. The summed E-state index contributed by atoms with van der Waals surface area (Å²) in [5, 5.41) is 2.56. The van der Waals surface area contributed by atoms with Crippen molar-refractivity contribution in [3.8, 4) is 0 Å². The van der Waals surface area contributed by atoms with Crippen molar-refractivity contribution in [2.45, 2.75) is 6.18 Å². The topological polar surface area (TPSA) is 29.1 Å². The smallest absolute Gasteiger partial charge is 0.322 e. The standard InChI is InChI=1S/C15H10F3NO/c1-10-3-2-4-13(9-10)19-14(20)11-5-7-12(8-6-11)15(16,17)18/h1-9H,(H,19,20). The molecule has 0 saturated carbocycles. The van der Waals surface area contributed by atoms with E-state index in [9.17, 15) is 18.0 Å². The quantitative estimate of drug-likeness (QED) is 0.882. The predicted octanol–water partition coefficient (Wildman–Crippen LogP) is 4.02. The first-order valence-electron chi connectivity index (χ1n) is 5.70. The molecule has 20 heavy (non-hydrogen) atoms. The highest BCUT2D eigenvalue weighted by Gasteiger charge is 2.30. The summed E-state index contributed by atoms with van der Waals surface area (Å²) in [6.07, 6.45) is -4.41. The van der Waals surface area contributed by atoms with Crippen LogP contribution in [0.4, 0.5) is 18.9 Å². The SMILES string of the molecule is [CH]c1cccc(NC(=O)c2ccc(C(F)(F)F)cc2)c1. The Balaban J connectivity index is 2.14. The third-order valence-electron chi connectivity index (χ3n) is 2.62. The third-order valence-corrected chi connectivity index (χ3v) is 2.62. The average Bonchev–Trinajstić information content (AvgIpc) is 2.38. The number of nitrogens with one attached hydrogen (secondary N) is 1. The van der Waals surface area contributed by atoms with E-state index in [1.54, 1.807) is 24.3 Å². The lowest BCUT2D eigenvalue weighted by atomic mass is 10.1. The molecule has 1 amide bonds. The van der Waals surface area contributed by atoms with Crippen molar-refractivity contribution >= 4 is 11.6 Å². The normalized spacial score (nSPS) is 11.2. The Labute approximate surface area is 114 Å². The number of benzene rings is 2. The molecule has 0 aliphatic heterocycles. The van der Waals surface area contributed by atoms with Gasteiger partial charge < -0.3 is 5.32 Å². The van der Waals surface area contributed by atoms with Gasteiger partial charge in [0.15, 0.2) is 0 Å². The van der Waals surface area contributed by atoms with Crippen LogP contribution in [0.5, 0.6) is 0 Å². The molecule has 0 aromatic heterocycles. The summed E-state index contributed by atoms with van der Waals surface area (Å²) < 4.78 is 37.2. The fourth-order valence-corrected chi connectivity index (χ4v) is 1.63. The summed E-state index contributed by atoms with van der Waals surface area (Å²) in [5.74, 6) is -0.496. The molecule has 2 aromatic carbocycles. The fraction of sp³-hybridized carbons (Fsp3) is 0.0667. The molecule has 0 fully saturated rings. The van der Waals surface area contributed by atoms with Gasteiger partial charge in [-0.05, 0) is 48.9 Å². The first kappa shape index (κ1) is 14.1. The zero-order valence-corrected chi connectivity index (χ0v) is 10.2. The number of carbonyl (C=O) groups is 1. The molecule has 102 valence electrons. The van der Waals surface area contributed by atoms with Crippen molar-refractivity contribution in [3.05, 3.63) is 72.1 Å². The Morgan fingerprint density at radius 2 is 1.70 bits per heavy atom. The molecule has 2 nitrogen and oxygen atoms in total. The van der Waals surface area contributed by atoms with Crippen molar-refractivity contribution < 1.29 is 18.0 Å². The second-order valence-electron chi connectivity index (χ2n) is 4.15. The molecule has 2 aromatic rings. The van der Waals surface area contributed by atoms with Crippen molar-refractivity contribution in [2.75, 3.05) is 5.32 Å². The van der Waals surface area contributed by atoms with Crippen LogP contribution in [0, 0.1) is 6.92 Å². The third kappa shape index (κ3) is 3.38. The minimum Gasteiger partial charge on any atom is -0.322 e. The predicted molar refractivity (Wildman–Crippen MR) is 69.2 cm³/mol. The van der Waals surface area contributed by atoms with E-state index in [2.05, 4.69) is 5.32 Å². The maximum Gasteiger partial charge on any atom is 0.416 e. The van der Waals surface area contributed by atoms with E-state index in [0.717, 1.165) is 24.3 Å². The van der Waals surface area contributed by atoms with Crippen LogP contribution in [0.15, 0.2) is 48.5 Å². The van der Waals surface area contributed by atoms with Crippen molar-refractivity contribution in [1.29, 1.82) is 0 Å². The van der Waals surface area contributed by atoms with Crippen LogP contribution in [0.25, 0.3) is 0 Å². The van der Waals surface area contributed by atoms with Gasteiger partial charge in [0.2, 0.25) is 0 Å². The van der Waals surface area contributed by atoms with Gasteiger partial charge >= 0.3 is 6.18 Å². The van der Waals surface area contributed by atoms with Crippen LogP contribution in [-0.2, 0) is 6.18 Å². The van der Waals surface area contributed by atoms with Gasteiger partial charge in [0.05, 0.1) is 5.56 Å². The Bertz CT molecular complexity index is 618. The molecule has 0 spiro atoms. The molecule has 0 unspecified atom stereocenters. The molecule has 0 atom stereocenters. The van der Waals surface area contributed by atoms with Gasteiger partial charge in [-0.25, -0.2) is 0 Å². The van der Waals surface area contributed by atoms with Gasteiger partial charge in [0.25, 0.3) is 5.91 Å². The van der Waals surface area contributed by atoms with Crippen LogP contribution < -0.4 is 5.32 Å². The van der Waals surface area contributed by atoms with Crippen molar-refractivity contribution in [2.24, 2.45) is 0 Å². The van der Waals surface area contributed by atoms with E-state index in [1.165, 1.54) is 0 Å². The molecule has 2 rings (SSSR count). The Kier molecular flexibility index (Phi) is 3.79. The summed E-state index contributed by atoms with van der Waals surface area (Å²) in [6.45, 7) is 5.56. The highest BCUT2D eigenvalue weighted by Crippen LogP contribution is 2.29. The number of alkyl halides is 3. The van der Waals surface area contributed by atoms with Crippen molar-refractivity contribution in [3.63, 3.8) is 0 Å². The molecule has 2 radical (unpaired) electrons. The number of hydrogen-bond acceptors (Lipinski definition) is 1. The van der Waals surface area contributed by atoms with Crippen LogP contribution >= 0.6 is 0 Å². The second kappa shape index (κ2) is 5.36. The lowest BCUT2D eigenvalue weighted by Gasteiger charge is -2.08. The number of amides is 1. The lowest BCUT2D eigenvalue weighted by Crippen LogP contribution is -2.12. The molecule has 0 saturated heterocycles. The summed E-state index contributed by atoms with van der Waals surface area (Å²) in [7, 11) is 0. The summed E-state index contributed by atoms with van der Waals surface area (Å²) in [5.41, 5.74) is 0.309. The van der Waals surface area contributed by atoms with Crippen LogP contribution in [0.2, 0.25) is 0 Å². The van der Waals surface area contributed by atoms with Crippen LogP contribution in [0.1, 0.15) is 21.5 Å². The summed E-state index contributed by atoms with van der Waals surface area (Å²) in [4.78, 5) is 11.9. The van der Waals surface area contributed by atoms with E-state index in [4.69, 9.17) is 6.92 Å². The summed E-state index contributed by atoms with van der Waals surface area (Å²) in [6, 6.07) is 10.5. The van der Waals surface area contributed by atoms with Gasteiger partial charge in [-0.2, -0.15) is 13.2 Å². The van der Waals surface area contributed by atoms with Gasteiger partial charge in [-0.3, -0.25) is 4.79 Å². The number of anilines is 1. The van der Waals surface area contributed by atoms with E-state index < -0.39 is 17.6 Å². The highest BCUT2D eigenvalue weighted by molar-refractivity contribution is 6.04. The van der Waals surface area contributed by atoms with Gasteiger partial charge in [-0.1, -0.05) is 12.1 Å². The minimum atomic E-state index is -4.41. The molecule has 5 heteroatoms. The van der Waals surface area contributed by atoms with Gasteiger partial charge in [0, 0.05) is 11.3 Å². The molecular formula is C15H10F3NO. The maximum atomic E-state index is 12.4. The Morgan fingerprint density at radius 1 is 1.05 bits per heavy atom. The second-order valence-corrected chi connectivity index (χ2v) is 4.15. The van der Waals surface area contributed by atoms with Crippen molar-refractivity contribution in [1.82, 2.24) is 0 Å². The van der Waals surface area contributed by atoms with Gasteiger partial charge in [0.1, 0.15) is 0 Å². The Morgan fingerprint density at radius 3 is 2.25 bits per heavy atom. The number of hydrogen-bond donors (Lipinski definition) is 1. The number of rotatable bonds is 2. The van der Waals surface area contributed by atoms with E-state index in [1.807, 2.05) is 0 Å². The first-order valence-corrected chi connectivity index (χ1v) is 5.70. The largest absolute Gasteiger partial charge is 0.416 e. The maximum absolute atomic E-state index is 12.4. The zero-order valence-electron chi connectivity index (χ0n) is 10.2. The molecule has 0 heterocycles. The highest BCUT2D eigenvalue weighted by atomic mass is 19.4. The zero-order chi connectivity index (χ0) is 14.8. The number of carbonyl (C=O) groups excluding carboxylic acids is 1. The van der Waals surface area contributed by atoms with E-state index in [-0.39, 0.29) is 5.56 Å². The van der Waals surface area contributed by atoms with Crippen LogP contribution in [-0.4, -0.2) is 5.91 Å². The van der Waals surface area contributed by atoms with Gasteiger partial charge in [-0.15, -0.1) is 0 Å². The molecule has 1 N–H and O–H groups in total. The minimum absolute atomic E-state index is 0.139. The Hall–Kier alpha value is -2.30. The lowest BCUT2D eigenvalue weighted by molar-refractivity contribution is -0.137. The van der Waals surface area contributed by atoms with E-state index >= 15 is 0 Å². The molecule has 0 aliphatic rings. The monoisotopic (exact) mass is 277 g/mol. The van der Waals surface area contributed by atoms with E-state index in [0.29, 0.717) is 11.3 Å². The molecule has 0 aliphatic carbocycles. The first-order chi connectivity index (χ1) is 9.36. The average molecular weight is 277 g/mol. The fourth-order valence-electron chi connectivity index (χ4n) is 1.63. The summed E-state index contributed by atoms with van der Waals surface area (Å²) >= 11 is 0. The number of halogens is 3. The molecule has 0 bridgehead atoms.